The molecule has 5 nitrogen and oxygen atoms in total. The fourth-order valence-electron chi connectivity index (χ4n) is 3.75. The Labute approximate surface area is 243 Å². The standard InChI is InChI=1S/C25H23N2.3C2H6N.Hf/c1-17-14-18(2)25(19(3)15-17)26-16-21-10-7-13-24(27-21)23-12-6-9-20-8-4-5-11-22(20)23;3*1-3-2;/h4-15H,16H2,1-3H3;3*1-2H3;/q4*-1;+4. The summed E-state index contributed by atoms with van der Waals surface area (Å²) in [4.78, 5) is 4.89. The van der Waals surface area contributed by atoms with E-state index in [0.29, 0.717) is 6.54 Å². The van der Waals surface area contributed by atoms with Gasteiger partial charge in [0.05, 0.1) is 5.69 Å². The van der Waals surface area contributed by atoms with Crippen molar-refractivity contribution in [1.29, 1.82) is 0 Å². The van der Waals surface area contributed by atoms with Gasteiger partial charge in [-0.05, 0) is 43.7 Å². The summed E-state index contributed by atoms with van der Waals surface area (Å²) in [5, 5.41) is 17.8. The summed E-state index contributed by atoms with van der Waals surface area (Å²) in [6.07, 6.45) is 0. The molecule has 0 N–H and O–H groups in total. The molecule has 0 bridgehead atoms. The van der Waals surface area contributed by atoms with Gasteiger partial charge < -0.3 is 21.3 Å². The average Bonchev–Trinajstić information content (AvgIpc) is 2.85. The van der Waals surface area contributed by atoms with Crippen LogP contribution in [0.3, 0.4) is 0 Å². The molecule has 37 heavy (non-hydrogen) atoms. The first-order chi connectivity index (χ1) is 17.4. The van der Waals surface area contributed by atoms with Crippen molar-refractivity contribution >= 4 is 16.5 Å². The van der Waals surface area contributed by atoms with Gasteiger partial charge in [0.15, 0.2) is 0 Å². The number of hydrogen-bond donors (Lipinski definition) is 0. The van der Waals surface area contributed by atoms with Crippen LogP contribution in [0.25, 0.3) is 43.3 Å². The maximum Gasteiger partial charge on any atom is 4.00 e. The quantitative estimate of drug-likeness (QED) is 0.201. The number of rotatable bonds is 4. The molecule has 0 amide bonds. The van der Waals surface area contributed by atoms with Crippen molar-refractivity contribution in [2.75, 3.05) is 42.3 Å². The van der Waals surface area contributed by atoms with Crippen molar-refractivity contribution in [3.63, 3.8) is 0 Å². The van der Waals surface area contributed by atoms with Crippen LogP contribution in [0.5, 0.6) is 0 Å². The summed E-state index contributed by atoms with van der Waals surface area (Å²) < 4.78 is 0. The molecule has 0 atom stereocenters. The van der Waals surface area contributed by atoms with Crippen molar-refractivity contribution in [1.82, 2.24) is 4.98 Å². The van der Waals surface area contributed by atoms with Crippen molar-refractivity contribution in [2.45, 2.75) is 27.3 Å². The number of aryl methyl sites for hydroxylation is 3. The number of benzene rings is 3. The first kappa shape index (κ1) is 34.6. The largest absolute Gasteiger partial charge is 4.00 e. The molecule has 6 heteroatoms. The number of aromatic nitrogens is 1. The minimum atomic E-state index is 0. The van der Waals surface area contributed by atoms with Gasteiger partial charge in [0, 0.05) is 11.3 Å². The maximum absolute atomic E-state index is 4.89. The van der Waals surface area contributed by atoms with Gasteiger partial charge in [-0.15, -0.1) is 5.69 Å². The van der Waals surface area contributed by atoms with Crippen LogP contribution in [0, 0.1) is 20.8 Å². The average molecular weight is 662 g/mol. The molecule has 4 rings (SSSR count). The minimum Gasteiger partial charge on any atom is -0.679 e. The fraction of sp³-hybridized carbons (Fsp3) is 0.323. The van der Waals surface area contributed by atoms with E-state index in [0.717, 1.165) is 22.6 Å². The van der Waals surface area contributed by atoms with E-state index in [9.17, 15) is 0 Å². The Hall–Kier alpha value is -2.38. The topological polar surface area (TPSA) is 69.3 Å². The smallest absolute Gasteiger partial charge is 0.679 e. The Morgan fingerprint density at radius 2 is 1.16 bits per heavy atom. The molecule has 0 fully saturated rings. The molecule has 0 aliphatic heterocycles. The molecule has 194 valence electrons. The van der Waals surface area contributed by atoms with Crippen molar-refractivity contribution in [2.24, 2.45) is 0 Å². The van der Waals surface area contributed by atoms with Crippen LogP contribution in [0.1, 0.15) is 22.4 Å². The fourth-order valence-corrected chi connectivity index (χ4v) is 3.75. The second kappa shape index (κ2) is 19.7. The molecule has 1 heterocycles. The van der Waals surface area contributed by atoms with E-state index < -0.39 is 0 Å². The van der Waals surface area contributed by atoms with E-state index in [1.54, 1.807) is 42.3 Å². The van der Waals surface area contributed by atoms with Gasteiger partial charge >= 0.3 is 25.8 Å². The van der Waals surface area contributed by atoms with Gasteiger partial charge in [0.1, 0.15) is 0 Å². The second-order valence-electron chi connectivity index (χ2n) is 8.45. The minimum absolute atomic E-state index is 0. The predicted octanol–water partition coefficient (Wildman–Crippen LogP) is 8.89. The summed E-state index contributed by atoms with van der Waals surface area (Å²) >= 11 is 0. The summed E-state index contributed by atoms with van der Waals surface area (Å²) in [5.41, 5.74) is 7.95. The Balaban J connectivity index is 0.00000114. The summed E-state index contributed by atoms with van der Waals surface area (Å²) in [7, 11) is 10.5. The van der Waals surface area contributed by atoms with Gasteiger partial charge in [-0.1, -0.05) is 83.9 Å². The third-order valence-corrected chi connectivity index (χ3v) is 4.91. The van der Waals surface area contributed by atoms with Crippen LogP contribution in [0.2, 0.25) is 0 Å². The predicted molar refractivity (Wildman–Crippen MR) is 160 cm³/mol. The summed E-state index contributed by atoms with van der Waals surface area (Å²) in [6, 6.07) is 25.4. The molecule has 3 aromatic carbocycles. The normalized spacial score (nSPS) is 9.43. The Morgan fingerprint density at radius 1 is 0.649 bits per heavy atom. The van der Waals surface area contributed by atoms with Gasteiger partial charge in [0.25, 0.3) is 0 Å². The molecule has 0 saturated heterocycles. The molecule has 0 aliphatic carbocycles. The van der Waals surface area contributed by atoms with E-state index in [1.807, 2.05) is 0 Å². The van der Waals surface area contributed by atoms with Crippen molar-refractivity contribution in [3.05, 3.63) is 116 Å². The van der Waals surface area contributed by atoms with Gasteiger partial charge in [-0.2, -0.15) is 42.3 Å². The van der Waals surface area contributed by atoms with Crippen LogP contribution < -0.4 is 0 Å². The molecular weight excluding hydrogens is 621 g/mol. The Kier molecular flexibility index (Phi) is 18.4. The summed E-state index contributed by atoms with van der Waals surface area (Å²) in [6.45, 7) is 6.96. The van der Waals surface area contributed by atoms with Crippen LogP contribution in [-0.2, 0) is 32.4 Å². The Morgan fingerprint density at radius 3 is 1.76 bits per heavy atom. The maximum atomic E-state index is 4.89. The monoisotopic (exact) mass is 663 g/mol. The second-order valence-corrected chi connectivity index (χ2v) is 8.45. The molecule has 0 radical (unpaired) electrons. The van der Waals surface area contributed by atoms with Gasteiger partial charge in [0.2, 0.25) is 0 Å². The molecule has 0 saturated carbocycles. The number of fused-ring (bicyclic) bond motifs is 1. The molecule has 0 unspecified atom stereocenters. The SMILES string of the molecule is C[N-]C.C[N-]C.C[N-]C.Cc1cc(C)c([N-]Cc2cccc(-c3cccc4ccccc34)n2)c(C)c1.[Hf+4]. The van der Waals surface area contributed by atoms with Gasteiger partial charge in [-0.3, -0.25) is 4.98 Å². The third kappa shape index (κ3) is 11.7. The molecule has 0 aliphatic rings. The van der Waals surface area contributed by atoms with E-state index in [1.165, 1.54) is 27.5 Å². The number of pyridine rings is 1. The van der Waals surface area contributed by atoms with E-state index in [4.69, 9.17) is 10.3 Å². The zero-order valence-corrected chi connectivity index (χ0v) is 27.5. The zero-order valence-electron chi connectivity index (χ0n) is 23.9. The van der Waals surface area contributed by atoms with E-state index in [-0.39, 0.29) is 25.8 Å². The van der Waals surface area contributed by atoms with Crippen LogP contribution in [-0.4, -0.2) is 47.3 Å². The van der Waals surface area contributed by atoms with Crippen LogP contribution in [0.15, 0.2) is 72.8 Å². The van der Waals surface area contributed by atoms with Crippen LogP contribution >= 0.6 is 0 Å². The molecule has 4 aromatic rings. The van der Waals surface area contributed by atoms with Crippen molar-refractivity contribution in [3.8, 4) is 11.3 Å². The third-order valence-electron chi connectivity index (χ3n) is 4.91. The Bertz CT molecular complexity index is 1140. The molecule has 0 spiro atoms. The number of nitrogens with zero attached hydrogens (tertiary/aromatic N) is 5. The number of hydrogen-bond acceptors (Lipinski definition) is 1. The van der Waals surface area contributed by atoms with Gasteiger partial charge in [-0.25, -0.2) is 0 Å². The first-order valence-electron chi connectivity index (χ1n) is 12.0. The first-order valence-corrected chi connectivity index (χ1v) is 12.0. The summed E-state index contributed by atoms with van der Waals surface area (Å²) in [5.74, 6) is 0. The van der Waals surface area contributed by atoms with Crippen LogP contribution in [0.4, 0.5) is 5.69 Å². The zero-order chi connectivity index (χ0) is 26.9. The van der Waals surface area contributed by atoms with E-state index >= 15 is 0 Å². The molecular formula is C31H41HfN5. The van der Waals surface area contributed by atoms with Crippen molar-refractivity contribution < 1.29 is 25.8 Å². The van der Waals surface area contributed by atoms with E-state index in [2.05, 4.69) is 110 Å². The molecule has 1 aromatic heterocycles.